The molecule has 0 N–H and O–H groups in total. The number of aryl methyl sites for hydroxylation is 1. The Morgan fingerprint density at radius 2 is 1.97 bits per heavy atom. The Labute approximate surface area is 174 Å². The van der Waals surface area contributed by atoms with Crippen molar-refractivity contribution in [3.05, 3.63) is 65.0 Å². The number of rotatable bonds is 3. The van der Waals surface area contributed by atoms with Gasteiger partial charge in [0.1, 0.15) is 5.82 Å². The Morgan fingerprint density at radius 3 is 2.66 bits per heavy atom. The monoisotopic (exact) mass is 410 g/mol. The summed E-state index contributed by atoms with van der Waals surface area (Å²) in [7, 11) is 0. The van der Waals surface area contributed by atoms with Gasteiger partial charge in [-0.1, -0.05) is 36.2 Å². The van der Waals surface area contributed by atoms with E-state index < -0.39 is 4.87 Å². The van der Waals surface area contributed by atoms with Crippen LogP contribution in [0.15, 0.2) is 42.5 Å². The molecule has 6 heteroatoms. The molecular weight excluding hydrogens is 387 g/mol. The zero-order valence-corrected chi connectivity index (χ0v) is 17.2. The maximum Gasteiger partial charge on any atom is 0.268 e. The number of anilines is 1. The smallest absolute Gasteiger partial charge is 0.268 e. The summed E-state index contributed by atoms with van der Waals surface area (Å²) in [6.45, 7) is 2.96. The van der Waals surface area contributed by atoms with Crippen LogP contribution in [-0.4, -0.2) is 29.0 Å². The van der Waals surface area contributed by atoms with Crippen molar-refractivity contribution in [1.29, 1.82) is 0 Å². The number of fused-ring (bicyclic) bond motifs is 2. The van der Waals surface area contributed by atoms with Crippen LogP contribution in [0.2, 0.25) is 0 Å². The maximum atomic E-state index is 14.2. The standard InChI is InChI=1S/C23H23FN2O2S/c1-15-5-7-16(8-6-15)14-25-20-10-9-18(24)13-19(20)23(22(25)28)26(11-12-29-23)21(27)17-3-2-4-17/h5-10,13,17H,2-4,11-12,14H2,1H3. The highest BCUT2D eigenvalue weighted by atomic mass is 32.2. The second-order valence-corrected chi connectivity index (χ2v) is 9.44. The van der Waals surface area contributed by atoms with Crippen LogP contribution in [-0.2, 0) is 21.0 Å². The molecule has 4 nitrogen and oxygen atoms in total. The summed E-state index contributed by atoms with van der Waals surface area (Å²) in [5.41, 5.74) is 3.49. The molecule has 5 rings (SSSR count). The normalized spacial score (nSPS) is 23.6. The van der Waals surface area contributed by atoms with E-state index in [0.717, 1.165) is 30.4 Å². The summed E-state index contributed by atoms with van der Waals surface area (Å²) < 4.78 is 14.2. The first-order valence-corrected chi connectivity index (χ1v) is 11.1. The predicted molar refractivity (Wildman–Crippen MR) is 112 cm³/mol. The zero-order chi connectivity index (χ0) is 20.2. The number of carbonyl (C=O) groups is 2. The largest absolute Gasteiger partial charge is 0.315 e. The number of hydrogen-bond donors (Lipinski definition) is 0. The summed E-state index contributed by atoms with van der Waals surface area (Å²) in [4.78, 5) is 29.3. The highest BCUT2D eigenvalue weighted by Crippen LogP contribution is 2.55. The van der Waals surface area contributed by atoms with Crippen molar-refractivity contribution in [1.82, 2.24) is 4.90 Å². The average Bonchev–Trinajstić information content (AvgIpc) is 3.19. The second-order valence-electron chi connectivity index (χ2n) is 8.15. The Balaban J connectivity index is 1.57. The minimum absolute atomic E-state index is 0.00142. The first kappa shape index (κ1) is 18.7. The number of halogens is 1. The SMILES string of the molecule is Cc1ccc(CN2C(=O)C3(SCCN3C(=O)C3CCC3)c3cc(F)ccc32)cc1. The fourth-order valence-electron chi connectivity index (χ4n) is 4.52. The molecule has 1 unspecified atom stereocenters. The molecule has 1 saturated heterocycles. The van der Waals surface area contributed by atoms with Crippen molar-refractivity contribution < 1.29 is 14.0 Å². The molecule has 2 aliphatic heterocycles. The quantitative estimate of drug-likeness (QED) is 0.761. The molecule has 1 spiro atoms. The van der Waals surface area contributed by atoms with Crippen LogP contribution < -0.4 is 4.90 Å². The Hall–Kier alpha value is -2.34. The molecule has 2 aromatic rings. The molecule has 2 aromatic carbocycles. The average molecular weight is 411 g/mol. The van der Waals surface area contributed by atoms with Gasteiger partial charge >= 0.3 is 0 Å². The first-order valence-electron chi connectivity index (χ1n) is 10.1. The van der Waals surface area contributed by atoms with Gasteiger partial charge in [-0.25, -0.2) is 4.39 Å². The third kappa shape index (κ3) is 2.80. The van der Waals surface area contributed by atoms with Crippen LogP contribution in [0.1, 0.15) is 36.0 Å². The molecule has 0 radical (unpaired) electrons. The number of amides is 2. The van der Waals surface area contributed by atoms with Gasteiger partial charge < -0.3 is 9.80 Å². The molecule has 1 saturated carbocycles. The van der Waals surface area contributed by atoms with Gasteiger partial charge in [0.25, 0.3) is 5.91 Å². The lowest BCUT2D eigenvalue weighted by atomic mass is 9.84. The molecule has 29 heavy (non-hydrogen) atoms. The number of benzene rings is 2. The van der Waals surface area contributed by atoms with E-state index in [4.69, 9.17) is 0 Å². The van der Waals surface area contributed by atoms with Crippen molar-refractivity contribution in [2.45, 2.75) is 37.6 Å². The van der Waals surface area contributed by atoms with Crippen LogP contribution >= 0.6 is 11.8 Å². The van der Waals surface area contributed by atoms with E-state index in [9.17, 15) is 14.0 Å². The molecule has 3 aliphatic rings. The van der Waals surface area contributed by atoms with Gasteiger partial charge in [-0.15, -0.1) is 11.8 Å². The van der Waals surface area contributed by atoms with Gasteiger partial charge in [-0.2, -0.15) is 0 Å². The minimum Gasteiger partial charge on any atom is -0.315 e. The lowest BCUT2D eigenvalue weighted by molar-refractivity contribution is -0.145. The van der Waals surface area contributed by atoms with E-state index in [1.165, 1.54) is 23.9 Å². The fourth-order valence-corrected chi connectivity index (χ4v) is 5.98. The first-order chi connectivity index (χ1) is 14.0. The summed E-state index contributed by atoms with van der Waals surface area (Å²) >= 11 is 1.46. The molecule has 0 aromatic heterocycles. The lowest BCUT2D eigenvalue weighted by Crippen LogP contribution is -2.52. The lowest BCUT2D eigenvalue weighted by Gasteiger charge is -2.37. The third-order valence-electron chi connectivity index (χ3n) is 6.34. The van der Waals surface area contributed by atoms with Crippen molar-refractivity contribution in [3.63, 3.8) is 0 Å². The van der Waals surface area contributed by atoms with E-state index in [2.05, 4.69) is 0 Å². The van der Waals surface area contributed by atoms with Crippen LogP contribution in [0.4, 0.5) is 10.1 Å². The maximum absolute atomic E-state index is 14.2. The van der Waals surface area contributed by atoms with Crippen molar-refractivity contribution in [2.24, 2.45) is 5.92 Å². The summed E-state index contributed by atoms with van der Waals surface area (Å²) in [6, 6.07) is 12.6. The van der Waals surface area contributed by atoms with E-state index in [1.807, 2.05) is 31.2 Å². The van der Waals surface area contributed by atoms with E-state index in [1.54, 1.807) is 15.9 Å². The van der Waals surface area contributed by atoms with Crippen LogP contribution in [0, 0.1) is 18.7 Å². The van der Waals surface area contributed by atoms with Crippen LogP contribution in [0.5, 0.6) is 0 Å². The van der Waals surface area contributed by atoms with Crippen molar-refractivity contribution in [2.75, 3.05) is 17.2 Å². The summed E-state index contributed by atoms with van der Waals surface area (Å²) in [6.07, 6.45) is 2.82. The van der Waals surface area contributed by atoms with Crippen LogP contribution in [0.25, 0.3) is 0 Å². The van der Waals surface area contributed by atoms with Crippen molar-refractivity contribution in [3.8, 4) is 0 Å². The fraction of sp³-hybridized carbons (Fsp3) is 0.391. The molecule has 1 atom stereocenters. The molecule has 0 bridgehead atoms. The van der Waals surface area contributed by atoms with E-state index in [0.29, 0.717) is 30.1 Å². The second kappa shape index (κ2) is 6.87. The zero-order valence-electron chi connectivity index (χ0n) is 16.4. The van der Waals surface area contributed by atoms with Gasteiger partial charge in [0, 0.05) is 23.8 Å². The third-order valence-corrected chi connectivity index (χ3v) is 7.76. The Morgan fingerprint density at radius 1 is 1.21 bits per heavy atom. The van der Waals surface area contributed by atoms with Gasteiger partial charge in [0.2, 0.25) is 5.91 Å². The molecule has 150 valence electrons. The number of carbonyl (C=O) groups excluding carboxylic acids is 2. The summed E-state index contributed by atoms with van der Waals surface area (Å²) in [5, 5.41) is 0. The molecular formula is C23H23FN2O2S. The highest BCUT2D eigenvalue weighted by Gasteiger charge is 2.60. The molecule has 1 aliphatic carbocycles. The Kier molecular flexibility index (Phi) is 4.42. The molecule has 2 heterocycles. The molecule has 2 amide bonds. The molecule has 2 fully saturated rings. The topological polar surface area (TPSA) is 40.6 Å². The van der Waals surface area contributed by atoms with Gasteiger partial charge in [0.05, 0.1) is 12.2 Å². The highest BCUT2D eigenvalue weighted by molar-refractivity contribution is 8.01. The number of hydrogen-bond acceptors (Lipinski definition) is 3. The Bertz CT molecular complexity index is 989. The summed E-state index contributed by atoms with van der Waals surface area (Å²) in [5.74, 6) is 0.215. The van der Waals surface area contributed by atoms with E-state index in [-0.39, 0.29) is 23.5 Å². The van der Waals surface area contributed by atoms with Gasteiger partial charge in [-0.05, 0) is 43.5 Å². The number of thioether (sulfide) groups is 1. The van der Waals surface area contributed by atoms with Crippen LogP contribution in [0.3, 0.4) is 0 Å². The van der Waals surface area contributed by atoms with E-state index >= 15 is 0 Å². The van der Waals surface area contributed by atoms with Gasteiger partial charge in [-0.3, -0.25) is 9.59 Å². The van der Waals surface area contributed by atoms with Crippen molar-refractivity contribution >= 4 is 29.3 Å². The minimum atomic E-state index is -1.13. The number of nitrogens with zero attached hydrogens (tertiary/aromatic N) is 2. The van der Waals surface area contributed by atoms with Gasteiger partial charge in [0.15, 0.2) is 4.87 Å². The predicted octanol–water partition coefficient (Wildman–Crippen LogP) is 4.21.